The molecular weight excluding hydrogens is 416 g/mol. The van der Waals surface area contributed by atoms with Gasteiger partial charge in [0.1, 0.15) is 5.75 Å². The van der Waals surface area contributed by atoms with Crippen molar-refractivity contribution in [1.29, 1.82) is 0 Å². The summed E-state index contributed by atoms with van der Waals surface area (Å²) in [7, 11) is 1.63. The molecule has 2 aromatic carbocycles. The first-order chi connectivity index (χ1) is 14.6. The molecule has 0 spiro atoms. The third-order valence-corrected chi connectivity index (χ3v) is 6.68. The van der Waals surface area contributed by atoms with E-state index < -0.39 is 0 Å². The molecule has 0 fully saturated rings. The molecule has 0 saturated heterocycles. The highest BCUT2D eigenvalue weighted by atomic mass is 32.2. The number of ether oxygens (including phenoxy) is 1. The van der Waals surface area contributed by atoms with Gasteiger partial charge in [0.2, 0.25) is 11.0 Å². The predicted octanol–water partition coefficient (Wildman–Crippen LogP) is 5.08. The maximum atomic E-state index is 12.6. The van der Waals surface area contributed by atoms with E-state index in [4.69, 9.17) is 4.74 Å². The number of carbonyl (C=O) groups excluding carboxylic acids is 1. The van der Waals surface area contributed by atoms with E-state index in [0.29, 0.717) is 17.6 Å². The Bertz CT molecular complexity index is 949. The van der Waals surface area contributed by atoms with Crippen molar-refractivity contribution in [2.24, 2.45) is 0 Å². The average molecular weight is 443 g/mol. The lowest BCUT2D eigenvalue weighted by Gasteiger charge is -2.17. The van der Waals surface area contributed by atoms with E-state index in [1.165, 1.54) is 28.7 Å². The van der Waals surface area contributed by atoms with Crippen LogP contribution >= 0.6 is 23.1 Å². The number of nitrogens with one attached hydrogen (secondary N) is 2. The van der Waals surface area contributed by atoms with Crippen LogP contribution in [0, 0.1) is 0 Å². The van der Waals surface area contributed by atoms with E-state index in [2.05, 4.69) is 39.9 Å². The third kappa shape index (κ3) is 6.21. The molecule has 0 radical (unpaired) electrons. The van der Waals surface area contributed by atoms with Crippen molar-refractivity contribution in [2.45, 2.75) is 35.8 Å². The summed E-state index contributed by atoms with van der Waals surface area (Å²) < 4.78 is 5.98. The number of thioether (sulfide) groups is 1. The molecule has 8 heteroatoms. The third-order valence-electron chi connectivity index (χ3n) is 4.66. The van der Waals surface area contributed by atoms with E-state index in [-0.39, 0.29) is 11.2 Å². The minimum atomic E-state index is -0.254. The summed E-state index contributed by atoms with van der Waals surface area (Å²) in [5, 5.41) is 15.1. The molecule has 0 aliphatic carbocycles. The van der Waals surface area contributed by atoms with E-state index >= 15 is 0 Å². The summed E-state index contributed by atoms with van der Waals surface area (Å²) in [5.74, 6) is 1.09. The SMILES string of the molecule is CC[C@H](CNC(=O)[C@H](C)Sc1nnc(Nc2cccc(OC)c2)s1)c1ccccc1. The summed E-state index contributed by atoms with van der Waals surface area (Å²) in [6, 6.07) is 17.9. The summed E-state index contributed by atoms with van der Waals surface area (Å²) in [6.07, 6.45) is 0.974. The number of methoxy groups -OCH3 is 1. The van der Waals surface area contributed by atoms with Crippen molar-refractivity contribution in [3.05, 3.63) is 60.2 Å². The Kier molecular flexibility index (Phi) is 8.10. The van der Waals surface area contributed by atoms with Crippen LogP contribution in [0.15, 0.2) is 58.9 Å². The Morgan fingerprint density at radius 1 is 1.17 bits per heavy atom. The van der Waals surface area contributed by atoms with Gasteiger partial charge in [-0.05, 0) is 31.0 Å². The Hall–Kier alpha value is -2.58. The van der Waals surface area contributed by atoms with Crippen molar-refractivity contribution in [1.82, 2.24) is 15.5 Å². The second kappa shape index (κ2) is 11.0. The Morgan fingerprint density at radius 2 is 1.97 bits per heavy atom. The van der Waals surface area contributed by atoms with Crippen LogP contribution in [-0.4, -0.2) is 35.0 Å². The van der Waals surface area contributed by atoms with Gasteiger partial charge in [-0.15, -0.1) is 10.2 Å². The maximum Gasteiger partial charge on any atom is 0.233 e. The number of hydrogen-bond acceptors (Lipinski definition) is 7. The monoisotopic (exact) mass is 442 g/mol. The van der Waals surface area contributed by atoms with Gasteiger partial charge in [0.25, 0.3) is 0 Å². The van der Waals surface area contributed by atoms with Crippen LogP contribution in [0.25, 0.3) is 0 Å². The number of rotatable bonds is 10. The van der Waals surface area contributed by atoms with E-state index in [1.54, 1.807) is 7.11 Å². The molecule has 0 saturated carbocycles. The van der Waals surface area contributed by atoms with Gasteiger partial charge < -0.3 is 15.4 Å². The Balaban J connectivity index is 1.51. The molecule has 3 rings (SSSR count). The zero-order valence-corrected chi connectivity index (χ0v) is 18.9. The number of anilines is 2. The summed E-state index contributed by atoms with van der Waals surface area (Å²) >= 11 is 2.84. The van der Waals surface area contributed by atoms with Gasteiger partial charge in [0.05, 0.1) is 12.4 Å². The van der Waals surface area contributed by atoms with Crippen LogP contribution < -0.4 is 15.4 Å². The molecule has 1 aromatic heterocycles. The molecule has 0 bridgehead atoms. The average Bonchev–Trinajstić information content (AvgIpc) is 3.21. The highest BCUT2D eigenvalue weighted by Crippen LogP contribution is 2.31. The minimum Gasteiger partial charge on any atom is -0.497 e. The number of aromatic nitrogens is 2. The molecule has 158 valence electrons. The van der Waals surface area contributed by atoms with Crippen LogP contribution in [0.5, 0.6) is 5.75 Å². The van der Waals surface area contributed by atoms with Gasteiger partial charge in [-0.2, -0.15) is 0 Å². The van der Waals surface area contributed by atoms with E-state index in [9.17, 15) is 4.79 Å². The second-order valence-corrected chi connectivity index (χ2v) is 9.32. The summed E-state index contributed by atoms with van der Waals surface area (Å²) in [5.41, 5.74) is 2.12. The quantitative estimate of drug-likeness (QED) is 0.427. The lowest BCUT2D eigenvalue weighted by molar-refractivity contribution is -0.120. The molecule has 2 atom stereocenters. The largest absolute Gasteiger partial charge is 0.497 e. The fourth-order valence-corrected chi connectivity index (χ4v) is 4.87. The number of nitrogens with zero attached hydrogens (tertiary/aromatic N) is 2. The van der Waals surface area contributed by atoms with Crippen molar-refractivity contribution in [2.75, 3.05) is 19.0 Å². The van der Waals surface area contributed by atoms with Crippen molar-refractivity contribution < 1.29 is 9.53 Å². The lowest BCUT2D eigenvalue weighted by atomic mass is 9.96. The van der Waals surface area contributed by atoms with Gasteiger partial charge in [0.15, 0.2) is 4.34 Å². The van der Waals surface area contributed by atoms with Gasteiger partial charge >= 0.3 is 0 Å². The molecule has 30 heavy (non-hydrogen) atoms. The predicted molar refractivity (Wildman–Crippen MR) is 124 cm³/mol. The normalized spacial score (nSPS) is 12.8. The molecular formula is C22H26N4O2S2. The fourth-order valence-electron chi connectivity index (χ4n) is 2.93. The van der Waals surface area contributed by atoms with E-state index in [1.807, 2.05) is 49.4 Å². The molecule has 0 unspecified atom stereocenters. The zero-order valence-electron chi connectivity index (χ0n) is 17.3. The molecule has 6 nitrogen and oxygen atoms in total. The molecule has 0 aliphatic rings. The Morgan fingerprint density at radius 3 is 2.70 bits per heavy atom. The maximum absolute atomic E-state index is 12.6. The van der Waals surface area contributed by atoms with Gasteiger partial charge in [-0.25, -0.2) is 0 Å². The van der Waals surface area contributed by atoms with Gasteiger partial charge in [-0.1, -0.05) is 66.4 Å². The first-order valence-electron chi connectivity index (χ1n) is 9.83. The van der Waals surface area contributed by atoms with Crippen molar-refractivity contribution in [3.8, 4) is 5.75 Å². The minimum absolute atomic E-state index is 0.00638. The standard InChI is InChI=1S/C22H26N4O2S2/c1-4-16(17-9-6-5-7-10-17)14-23-20(27)15(2)29-22-26-25-21(30-22)24-18-11-8-12-19(13-18)28-3/h5-13,15-16H,4,14H2,1-3H3,(H,23,27)(H,24,25)/t15-,16+/m0/s1. The number of carbonyl (C=O) groups is 1. The van der Waals surface area contributed by atoms with Gasteiger partial charge in [-0.3, -0.25) is 4.79 Å². The second-order valence-electron chi connectivity index (χ2n) is 6.75. The first-order valence-corrected chi connectivity index (χ1v) is 11.5. The smallest absolute Gasteiger partial charge is 0.233 e. The molecule has 0 aliphatic heterocycles. The number of amides is 1. The highest BCUT2D eigenvalue weighted by molar-refractivity contribution is 8.02. The van der Waals surface area contributed by atoms with Crippen LogP contribution in [0.3, 0.4) is 0 Å². The summed E-state index contributed by atoms with van der Waals surface area (Å²) in [4.78, 5) is 12.6. The fraction of sp³-hybridized carbons (Fsp3) is 0.318. The van der Waals surface area contributed by atoms with E-state index in [0.717, 1.165) is 22.2 Å². The Labute approximate surface area is 185 Å². The van der Waals surface area contributed by atoms with Crippen LogP contribution in [-0.2, 0) is 4.79 Å². The lowest BCUT2D eigenvalue weighted by Crippen LogP contribution is -2.34. The molecule has 1 heterocycles. The topological polar surface area (TPSA) is 76.1 Å². The number of hydrogen-bond donors (Lipinski definition) is 2. The van der Waals surface area contributed by atoms with Gasteiger partial charge in [0, 0.05) is 24.2 Å². The highest BCUT2D eigenvalue weighted by Gasteiger charge is 2.19. The summed E-state index contributed by atoms with van der Waals surface area (Å²) in [6.45, 7) is 4.66. The zero-order chi connectivity index (χ0) is 21.3. The first kappa shape index (κ1) is 22.1. The number of benzene rings is 2. The van der Waals surface area contributed by atoms with Crippen LogP contribution in [0.1, 0.15) is 31.7 Å². The van der Waals surface area contributed by atoms with Crippen LogP contribution in [0.4, 0.5) is 10.8 Å². The van der Waals surface area contributed by atoms with Crippen LogP contribution in [0.2, 0.25) is 0 Å². The van der Waals surface area contributed by atoms with Crippen molar-refractivity contribution >= 4 is 39.8 Å². The molecule has 1 amide bonds. The van der Waals surface area contributed by atoms with Crippen molar-refractivity contribution in [3.63, 3.8) is 0 Å². The molecule has 3 aromatic rings. The molecule has 2 N–H and O–H groups in total.